The van der Waals surface area contributed by atoms with Gasteiger partial charge in [-0.25, -0.2) is 0 Å². The van der Waals surface area contributed by atoms with Gasteiger partial charge in [0.05, 0.1) is 5.69 Å². The van der Waals surface area contributed by atoms with Crippen molar-refractivity contribution in [2.24, 2.45) is 0 Å². The number of rotatable bonds is 3. The molecule has 1 heterocycles. The summed E-state index contributed by atoms with van der Waals surface area (Å²) in [5.74, 6) is 0.840. The highest BCUT2D eigenvalue weighted by Crippen LogP contribution is 2.14. The molecule has 0 bridgehead atoms. The molecule has 3 heteroatoms. The second-order valence-corrected chi connectivity index (χ2v) is 4.00. The predicted molar refractivity (Wildman–Crippen MR) is 64.8 cm³/mol. The maximum atomic E-state index is 5.85. The van der Waals surface area contributed by atoms with Gasteiger partial charge in [-0.1, -0.05) is 29.3 Å². The standard InChI is InChI=1S/C13H12ClNO/c1-10-2-4-13(5-3-10)16-9-12-8-11(14)6-7-15-12/h2-8H,9H2,1H3. The van der Waals surface area contributed by atoms with E-state index in [0.717, 1.165) is 11.4 Å². The molecule has 0 aliphatic rings. The van der Waals surface area contributed by atoms with E-state index in [9.17, 15) is 0 Å². The highest BCUT2D eigenvalue weighted by molar-refractivity contribution is 6.30. The molecule has 82 valence electrons. The zero-order valence-electron chi connectivity index (χ0n) is 8.98. The Morgan fingerprint density at radius 1 is 1.19 bits per heavy atom. The topological polar surface area (TPSA) is 22.1 Å². The molecule has 0 atom stereocenters. The van der Waals surface area contributed by atoms with Gasteiger partial charge in [-0.2, -0.15) is 0 Å². The molecule has 0 unspecified atom stereocenters. The van der Waals surface area contributed by atoms with Crippen LogP contribution in [-0.4, -0.2) is 4.98 Å². The van der Waals surface area contributed by atoms with Gasteiger partial charge in [0.2, 0.25) is 0 Å². The number of nitrogens with zero attached hydrogens (tertiary/aromatic N) is 1. The van der Waals surface area contributed by atoms with Gasteiger partial charge >= 0.3 is 0 Å². The van der Waals surface area contributed by atoms with Gasteiger partial charge in [-0.05, 0) is 31.2 Å². The number of benzene rings is 1. The Balaban J connectivity index is 1.99. The average molecular weight is 234 g/mol. The molecule has 0 aliphatic carbocycles. The zero-order valence-corrected chi connectivity index (χ0v) is 9.74. The first kappa shape index (κ1) is 11.0. The fourth-order valence-corrected chi connectivity index (χ4v) is 1.50. The lowest BCUT2D eigenvalue weighted by Gasteiger charge is -2.05. The van der Waals surface area contributed by atoms with Gasteiger partial charge in [0.1, 0.15) is 12.4 Å². The van der Waals surface area contributed by atoms with Gasteiger partial charge in [-0.3, -0.25) is 4.98 Å². The minimum atomic E-state index is 0.434. The van der Waals surface area contributed by atoms with Gasteiger partial charge in [-0.15, -0.1) is 0 Å². The highest BCUT2D eigenvalue weighted by Gasteiger charge is 1.97. The van der Waals surface area contributed by atoms with Crippen LogP contribution in [0, 0.1) is 6.92 Å². The van der Waals surface area contributed by atoms with Crippen LogP contribution in [0.25, 0.3) is 0 Å². The lowest BCUT2D eigenvalue weighted by atomic mass is 10.2. The summed E-state index contributed by atoms with van der Waals surface area (Å²) in [6.45, 7) is 2.48. The molecule has 2 aromatic rings. The second kappa shape index (κ2) is 4.99. The van der Waals surface area contributed by atoms with Crippen molar-refractivity contribution in [1.82, 2.24) is 4.98 Å². The molecular formula is C13H12ClNO. The molecule has 0 fully saturated rings. The predicted octanol–water partition coefficient (Wildman–Crippen LogP) is 3.62. The molecule has 16 heavy (non-hydrogen) atoms. The molecular weight excluding hydrogens is 222 g/mol. The first-order valence-corrected chi connectivity index (χ1v) is 5.42. The number of hydrogen-bond acceptors (Lipinski definition) is 2. The Morgan fingerprint density at radius 3 is 2.62 bits per heavy atom. The summed E-state index contributed by atoms with van der Waals surface area (Å²) >= 11 is 5.85. The molecule has 1 aromatic carbocycles. The number of halogens is 1. The Labute approximate surface area is 99.9 Å². The third-order valence-electron chi connectivity index (χ3n) is 2.19. The van der Waals surface area contributed by atoms with E-state index in [4.69, 9.17) is 16.3 Å². The van der Waals surface area contributed by atoms with Crippen LogP contribution in [0.3, 0.4) is 0 Å². The van der Waals surface area contributed by atoms with Crippen LogP contribution in [-0.2, 0) is 6.61 Å². The van der Waals surface area contributed by atoms with E-state index in [1.165, 1.54) is 5.56 Å². The largest absolute Gasteiger partial charge is 0.487 e. The third kappa shape index (κ3) is 2.97. The highest BCUT2D eigenvalue weighted by atomic mass is 35.5. The summed E-state index contributed by atoms with van der Waals surface area (Å²) < 4.78 is 5.58. The molecule has 0 amide bonds. The molecule has 0 radical (unpaired) electrons. The quantitative estimate of drug-likeness (QED) is 0.808. The maximum absolute atomic E-state index is 5.85. The third-order valence-corrected chi connectivity index (χ3v) is 2.42. The van der Waals surface area contributed by atoms with E-state index >= 15 is 0 Å². The van der Waals surface area contributed by atoms with Crippen LogP contribution in [0.1, 0.15) is 11.3 Å². The fraction of sp³-hybridized carbons (Fsp3) is 0.154. The minimum Gasteiger partial charge on any atom is -0.487 e. The van der Waals surface area contributed by atoms with Crippen molar-refractivity contribution in [2.45, 2.75) is 13.5 Å². The first-order chi connectivity index (χ1) is 7.74. The van der Waals surface area contributed by atoms with Crippen molar-refractivity contribution in [3.63, 3.8) is 0 Å². The van der Waals surface area contributed by atoms with E-state index in [-0.39, 0.29) is 0 Å². The van der Waals surface area contributed by atoms with Gasteiger partial charge in [0.15, 0.2) is 0 Å². The van der Waals surface area contributed by atoms with Crippen LogP contribution in [0.2, 0.25) is 5.02 Å². The van der Waals surface area contributed by atoms with Crippen LogP contribution < -0.4 is 4.74 Å². The van der Waals surface area contributed by atoms with E-state index in [0.29, 0.717) is 11.6 Å². The van der Waals surface area contributed by atoms with Gasteiger partial charge in [0, 0.05) is 11.2 Å². The van der Waals surface area contributed by atoms with E-state index in [1.807, 2.05) is 31.2 Å². The summed E-state index contributed by atoms with van der Waals surface area (Å²) in [4.78, 5) is 4.16. The van der Waals surface area contributed by atoms with Crippen LogP contribution >= 0.6 is 11.6 Å². The minimum absolute atomic E-state index is 0.434. The Kier molecular flexibility index (Phi) is 3.42. The summed E-state index contributed by atoms with van der Waals surface area (Å²) in [6, 6.07) is 11.5. The lowest BCUT2D eigenvalue weighted by molar-refractivity contribution is 0.301. The van der Waals surface area contributed by atoms with E-state index in [1.54, 1.807) is 18.3 Å². The van der Waals surface area contributed by atoms with Crippen molar-refractivity contribution in [1.29, 1.82) is 0 Å². The molecule has 0 spiro atoms. The van der Waals surface area contributed by atoms with Crippen molar-refractivity contribution >= 4 is 11.6 Å². The Morgan fingerprint density at radius 2 is 1.94 bits per heavy atom. The normalized spacial score (nSPS) is 10.1. The molecule has 2 rings (SSSR count). The van der Waals surface area contributed by atoms with Crippen LogP contribution in [0.5, 0.6) is 5.75 Å². The summed E-state index contributed by atoms with van der Waals surface area (Å²) in [5, 5.41) is 0.678. The molecule has 0 N–H and O–H groups in total. The Hall–Kier alpha value is -1.54. The molecule has 1 aromatic heterocycles. The zero-order chi connectivity index (χ0) is 11.4. The SMILES string of the molecule is Cc1ccc(OCc2cc(Cl)ccn2)cc1. The molecule has 0 saturated carbocycles. The van der Waals surface area contributed by atoms with Crippen molar-refractivity contribution in [2.75, 3.05) is 0 Å². The van der Waals surface area contributed by atoms with Gasteiger partial charge in [0.25, 0.3) is 0 Å². The van der Waals surface area contributed by atoms with Gasteiger partial charge < -0.3 is 4.74 Å². The number of aromatic nitrogens is 1. The fourth-order valence-electron chi connectivity index (χ4n) is 1.32. The lowest BCUT2D eigenvalue weighted by Crippen LogP contribution is -1.97. The van der Waals surface area contributed by atoms with E-state index in [2.05, 4.69) is 4.98 Å². The number of hydrogen-bond donors (Lipinski definition) is 0. The van der Waals surface area contributed by atoms with Crippen molar-refractivity contribution in [3.05, 3.63) is 58.9 Å². The maximum Gasteiger partial charge on any atom is 0.130 e. The number of ether oxygens (including phenoxy) is 1. The Bertz CT molecular complexity index is 468. The molecule has 2 nitrogen and oxygen atoms in total. The summed E-state index contributed by atoms with van der Waals surface area (Å²) in [7, 11) is 0. The van der Waals surface area contributed by atoms with Crippen molar-refractivity contribution in [3.8, 4) is 5.75 Å². The molecule has 0 aliphatic heterocycles. The summed E-state index contributed by atoms with van der Waals surface area (Å²) in [5.41, 5.74) is 2.04. The molecule has 0 saturated heterocycles. The smallest absolute Gasteiger partial charge is 0.130 e. The monoisotopic (exact) mass is 233 g/mol. The van der Waals surface area contributed by atoms with Crippen molar-refractivity contribution < 1.29 is 4.74 Å². The van der Waals surface area contributed by atoms with Crippen LogP contribution in [0.4, 0.5) is 0 Å². The summed E-state index contributed by atoms with van der Waals surface area (Å²) in [6.07, 6.45) is 1.68. The average Bonchev–Trinajstić information content (AvgIpc) is 2.28. The first-order valence-electron chi connectivity index (χ1n) is 5.04. The number of aryl methyl sites for hydroxylation is 1. The number of pyridine rings is 1. The second-order valence-electron chi connectivity index (χ2n) is 3.57. The van der Waals surface area contributed by atoms with Crippen LogP contribution in [0.15, 0.2) is 42.6 Å². The van der Waals surface area contributed by atoms with E-state index < -0.39 is 0 Å².